The molecule has 1 aliphatic rings. The van der Waals surface area contributed by atoms with Crippen molar-refractivity contribution in [3.05, 3.63) is 35.6 Å². The molecule has 0 amide bonds. The third kappa shape index (κ3) is 4.76. The first kappa shape index (κ1) is 17.4. The molecule has 22 heavy (non-hydrogen) atoms. The number of halogens is 1. The summed E-state index contributed by atoms with van der Waals surface area (Å²) in [4.78, 5) is 0. The van der Waals surface area contributed by atoms with Crippen LogP contribution in [0.3, 0.4) is 0 Å². The van der Waals surface area contributed by atoms with Gasteiger partial charge in [-0.3, -0.25) is 0 Å². The highest BCUT2D eigenvalue weighted by molar-refractivity contribution is 7.88. The number of rotatable bonds is 7. The van der Waals surface area contributed by atoms with Crippen LogP contribution in [0.2, 0.25) is 0 Å². The van der Waals surface area contributed by atoms with E-state index in [4.69, 9.17) is 0 Å². The Labute approximate surface area is 132 Å². The van der Waals surface area contributed by atoms with Crippen LogP contribution in [0.15, 0.2) is 24.3 Å². The molecule has 0 radical (unpaired) electrons. The first-order valence-corrected chi connectivity index (χ1v) is 9.66. The highest BCUT2D eigenvalue weighted by atomic mass is 32.2. The second-order valence-electron chi connectivity index (χ2n) is 6.11. The van der Waals surface area contributed by atoms with Gasteiger partial charge in [0.1, 0.15) is 5.82 Å². The van der Waals surface area contributed by atoms with Crippen molar-refractivity contribution in [2.45, 2.75) is 44.7 Å². The summed E-state index contributed by atoms with van der Waals surface area (Å²) in [6.07, 6.45) is 4.60. The number of nitrogens with zero attached hydrogens (tertiary/aromatic N) is 1. The van der Waals surface area contributed by atoms with E-state index in [1.165, 1.54) is 12.3 Å². The van der Waals surface area contributed by atoms with E-state index in [2.05, 4.69) is 12.2 Å². The standard InChI is InChI=1S/C16H25FN2O2S/c1-13(9-10-14-6-3-4-8-16(14)17)18-12-15-7-5-11-19(15)22(2,20)21/h3-4,6,8,13,15,18H,5,7,9-12H2,1-2H3/t13?,15-/m1/s1. The lowest BCUT2D eigenvalue weighted by Gasteiger charge is -2.24. The molecule has 1 saturated heterocycles. The lowest BCUT2D eigenvalue weighted by molar-refractivity contribution is 0.357. The van der Waals surface area contributed by atoms with E-state index in [0.717, 1.165) is 24.8 Å². The van der Waals surface area contributed by atoms with E-state index < -0.39 is 10.0 Å². The predicted molar refractivity (Wildman–Crippen MR) is 86.8 cm³/mol. The number of nitrogens with one attached hydrogen (secondary N) is 1. The van der Waals surface area contributed by atoms with E-state index >= 15 is 0 Å². The van der Waals surface area contributed by atoms with E-state index in [1.54, 1.807) is 10.4 Å². The third-order valence-electron chi connectivity index (χ3n) is 4.26. The zero-order chi connectivity index (χ0) is 16.2. The normalized spacial score (nSPS) is 21.1. The highest BCUT2D eigenvalue weighted by Gasteiger charge is 2.31. The van der Waals surface area contributed by atoms with Crippen molar-refractivity contribution in [3.8, 4) is 0 Å². The van der Waals surface area contributed by atoms with Gasteiger partial charge in [0.05, 0.1) is 6.26 Å². The Hall–Kier alpha value is -0.980. The van der Waals surface area contributed by atoms with Crippen LogP contribution in [0.4, 0.5) is 4.39 Å². The average molecular weight is 328 g/mol. The molecule has 2 atom stereocenters. The molecule has 1 heterocycles. The van der Waals surface area contributed by atoms with E-state index in [9.17, 15) is 12.8 Å². The van der Waals surface area contributed by atoms with E-state index in [-0.39, 0.29) is 17.9 Å². The number of hydrogen-bond acceptors (Lipinski definition) is 3. The topological polar surface area (TPSA) is 49.4 Å². The number of hydrogen-bond donors (Lipinski definition) is 1. The van der Waals surface area contributed by atoms with Crippen LogP contribution in [-0.4, -0.2) is 44.2 Å². The van der Waals surface area contributed by atoms with Crippen molar-refractivity contribution in [3.63, 3.8) is 0 Å². The average Bonchev–Trinajstić information content (AvgIpc) is 2.93. The molecular weight excluding hydrogens is 303 g/mol. The van der Waals surface area contributed by atoms with Crippen molar-refractivity contribution in [1.29, 1.82) is 0 Å². The molecule has 6 heteroatoms. The third-order valence-corrected chi connectivity index (χ3v) is 5.59. The fraction of sp³-hybridized carbons (Fsp3) is 0.625. The summed E-state index contributed by atoms with van der Waals surface area (Å²) < 4.78 is 38.5. The van der Waals surface area contributed by atoms with Gasteiger partial charge in [-0.1, -0.05) is 18.2 Å². The number of aryl methyl sites for hydroxylation is 1. The van der Waals surface area contributed by atoms with Crippen LogP contribution in [-0.2, 0) is 16.4 Å². The van der Waals surface area contributed by atoms with Gasteiger partial charge < -0.3 is 5.32 Å². The Morgan fingerprint density at radius 3 is 2.82 bits per heavy atom. The molecule has 2 rings (SSSR count). The van der Waals surface area contributed by atoms with E-state index in [1.807, 2.05) is 12.1 Å². The van der Waals surface area contributed by atoms with Gasteiger partial charge in [0.2, 0.25) is 10.0 Å². The van der Waals surface area contributed by atoms with Crippen LogP contribution >= 0.6 is 0 Å². The molecule has 1 N–H and O–H groups in total. The van der Waals surface area contributed by atoms with Gasteiger partial charge >= 0.3 is 0 Å². The maximum Gasteiger partial charge on any atom is 0.211 e. The van der Waals surface area contributed by atoms with Gasteiger partial charge in [0, 0.05) is 25.2 Å². The Morgan fingerprint density at radius 1 is 1.41 bits per heavy atom. The molecule has 1 aromatic carbocycles. The molecule has 1 fully saturated rings. The molecule has 0 saturated carbocycles. The Kier molecular flexibility index (Phi) is 5.94. The summed E-state index contributed by atoms with van der Waals surface area (Å²) in [5, 5.41) is 3.39. The summed E-state index contributed by atoms with van der Waals surface area (Å²) >= 11 is 0. The van der Waals surface area contributed by atoms with Crippen LogP contribution in [0.25, 0.3) is 0 Å². The fourth-order valence-electron chi connectivity index (χ4n) is 2.96. The van der Waals surface area contributed by atoms with Crippen LogP contribution < -0.4 is 5.32 Å². The van der Waals surface area contributed by atoms with Gasteiger partial charge in [-0.15, -0.1) is 0 Å². The second kappa shape index (κ2) is 7.53. The maximum atomic E-state index is 13.6. The van der Waals surface area contributed by atoms with Crippen molar-refractivity contribution in [1.82, 2.24) is 9.62 Å². The molecule has 0 spiro atoms. The zero-order valence-electron chi connectivity index (χ0n) is 13.3. The molecule has 4 nitrogen and oxygen atoms in total. The number of sulfonamides is 1. The fourth-order valence-corrected chi connectivity index (χ4v) is 4.14. The number of benzene rings is 1. The SMILES string of the molecule is CC(CCc1ccccc1F)NC[C@H]1CCCN1S(C)(=O)=O. The molecule has 1 aliphatic heterocycles. The largest absolute Gasteiger partial charge is 0.313 e. The summed E-state index contributed by atoms with van der Waals surface area (Å²) in [5.74, 6) is -0.159. The molecule has 1 unspecified atom stereocenters. The molecular formula is C16H25FN2O2S. The minimum Gasteiger partial charge on any atom is -0.313 e. The Bertz CT molecular complexity index is 592. The lowest BCUT2D eigenvalue weighted by Crippen LogP contribution is -2.43. The van der Waals surface area contributed by atoms with Crippen LogP contribution in [0, 0.1) is 5.82 Å². The summed E-state index contributed by atoms with van der Waals surface area (Å²) in [6, 6.07) is 7.10. The minimum atomic E-state index is -3.12. The molecule has 1 aromatic rings. The van der Waals surface area contributed by atoms with Crippen LogP contribution in [0.1, 0.15) is 31.7 Å². The van der Waals surface area contributed by atoms with Crippen molar-refractivity contribution in [2.24, 2.45) is 0 Å². The molecule has 0 bridgehead atoms. The first-order valence-electron chi connectivity index (χ1n) is 7.81. The molecule has 124 valence electrons. The van der Waals surface area contributed by atoms with Gasteiger partial charge in [0.25, 0.3) is 0 Å². The van der Waals surface area contributed by atoms with Crippen LogP contribution in [0.5, 0.6) is 0 Å². The smallest absolute Gasteiger partial charge is 0.211 e. The second-order valence-corrected chi connectivity index (χ2v) is 8.04. The lowest BCUT2D eigenvalue weighted by atomic mass is 10.1. The minimum absolute atomic E-state index is 0.0471. The first-order chi connectivity index (χ1) is 10.4. The quantitative estimate of drug-likeness (QED) is 0.834. The summed E-state index contributed by atoms with van der Waals surface area (Å²) in [5.41, 5.74) is 0.731. The maximum absolute atomic E-state index is 13.6. The molecule has 0 aromatic heterocycles. The predicted octanol–water partition coefficient (Wildman–Crippen LogP) is 2.16. The monoisotopic (exact) mass is 328 g/mol. The highest BCUT2D eigenvalue weighted by Crippen LogP contribution is 2.20. The van der Waals surface area contributed by atoms with Crippen molar-refractivity contribution >= 4 is 10.0 Å². The van der Waals surface area contributed by atoms with Gasteiger partial charge in [-0.25, -0.2) is 12.8 Å². The van der Waals surface area contributed by atoms with Crippen molar-refractivity contribution in [2.75, 3.05) is 19.3 Å². The van der Waals surface area contributed by atoms with Crippen molar-refractivity contribution < 1.29 is 12.8 Å². The molecule has 0 aliphatic carbocycles. The zero-order valence-corrected chi connectivity index (χ0v) is 14.1. The summed E-state index contributed by atoms with van der Waals surface area (Å²) in [7, 11) is -3.12. The van der Waals surface area contributed by atoms with E-state index in [0.29, 0.717) is 19.5 Å². The Balaban J connectivity index is 1.78. The van der Waals surface area contributed by atoms with Gasteiger partial charge in [0.15, 0.2) is 0 Å². The van der Waals surface area contributed by atoms with Gasteiger partial charge in [-0.05, 0) is 44.2 Å². The Morgan fingerprint density at radius 2 is 2.14 bits per heavy atom. The summed E-state index contributed by atoms with van der Waals surface area (Å²) in [6.45, 7) is 3.33. The van der Waals surface area contributed by atoms with Gasteiger partial charge in [-0.2, -0.15) is 4.31 Å².